The average Bonchev–Trinajstić information content (AvgIpc) is 2.53. The maximum Gasteiger partial charge on any atom is 0.269 e. The van der Waals surface area contributed by atoms with Crippen LogP contribution in [0.4, 0.5) is 11.5 Å². The molecule has 3 rings (SSSR count). The number of aromatic nitrogens is 2. The summed E-state index contributed by atoms with van der Waals surface area (Å²) in [4.78, 5) is 16.9. The predicted octanol–water partition coefficient (Wildman–Crippen LogP) is 2.55. The molecule has 2 heterocycles. The van der Waals surface area contributed by atoms with Gasteiger partial charge in [0.25, 0.3) is 5.56 Å². The van der Waals surface area contributed by atoms with Gasteiger partial charge in [-0.25, -0.2) is 4.98 Å². The Morgan fingerprint density at radius 2 is 2.00 bits per heavy atom. The van der Waals surface area contributed by atoms with Crippen LogP contribution >= 0.6 is 0 Å². The number of rotatable bonds is 3. The van der Waals surface area contributed by atoms with Crippen molar-refractivity contribution in [1.82, 2.24) is 9.38 Å². The van der Waals surface area contributed by atoms with Gasteiger partial charge in [-0.2, -0.15) is 0 Å². The van der Waals surface area contributed by atoms with Gasteiger partial charge in [0, 0.05) is 11.9 Å². The van der Waals surface area contributed by atoms with Crippen LogP contribution in [0.5, 0.6) is 0 Å². The van der Waals surface area contributed by atoms with Crippen molar-refractivity contribution in [3.05, 3.63) is 70.1 Å². The van der Waals surface area contributed by atoms with E-state index >= 15 is 0 Å². The molecule has 0 atom stereocenters. The molecule has 0 saturated carbocycles. The summed E-state index contributed by atoms with van der Waals surface area (Å²) < 4.78 is 1.40. The summed E-state index contributed by atoms with van der Waals surface area (Å²) in [5.41, 5.74) is 2.32. The molecule has 0 fully saturated rings. The highest BCUT2D eigenvalue weighted by atomic mass is 16.4. The second-order valence-corrected chi connectivity index (χ2v) is 4.84. The third-order valence-electron chi connectivity index (χ3n) is 3.27. The predicted molar refractivity (Wildman–Crippen MR) is 85.3 cm³/mol. The topological polar surface area (TPSA) is 79.0 Å². The maximum absolute atomic E-state index is 12.5. The van der Waals surface area contributed by atoms with E-state index in [-0.39, 0.29) is 11.1 Å². The van der Waals surface area contributed by atoms with Crippen LogP contribution in [0.15, 0.2) is 58.6 Å². The van der Waals surface area contributed by atoms with E-state index in [4.69, 9.17) is 5.21 Å². The summed E-state index contributed by atoms with van der Waals surface area (Å²) in [6, 6.07) is 13.0. The van der Waals surface area contributed by atoms with E-state index in [0.29, 0.717) is 11.5 Å². The van der Waals surface area contributed by atoms with Gasteiger partial charge in [0.05, 0.1) is 6.21 Å². The van der Waals surface area contributed by atoms with Crippen LogP contribution in [-0.2, 0) is 0 Å². The quantitative estimate of drug-likeness (QED) is 0.442. The minimum atomic E-state index is -0.307. The van der Waals surface area contributed by atoms with Gasteiger partial charge in [-0.3, -0.25) is 9.20 Å². The lowest BCUT2D eigenvalue weighted by Crippen LogP contribution is -2.21. The van der Waals surface area contributed by atoms with Crippen molar-refractivity contribution in [2.24, 2.45) is 5.16 Å². The Hall–Kier alpha value is -3.15. The molecule has 110 valence electrons. The summed E-state index contributed by atoms with van der Waals surface area (Å²) in [5.74, 6) is 0.345. The number of pyridine rings is 1. The van der Waals surface area contributed by atoms with Crippen LogP contribution in [0.25, 0.3) is 5.65 Å². The number of aryl methyl sites for hydroxylation is 1. The van der Waals surface area contributed by atoms with Gasteiger partial charge < -0.3 is 10.5 Å². The minimum absolute atomic E-state index is 0.187. The van der Waals surface area contributed by atoms with E-state index in [2.05, 4.69) is 15.5 Å². The molecule has 0 saturated heterocycles. The smallest absolute Gasteiger partial charge is 0.269 e. The Balaban J connectivity index is 2.16. The summed E-state index contributed by atoms with van der Waals surface area (Å²) in [7, 11) is 0. The first-order valence-corrected chi connectivity index (χ1v) is 6.71. The highest BCUT2D eigenvalue weighted by Gasteiger charge is 2.11. The Bertz CT molecular complexity index is 898. The molecule has 1 aromatic carbocycles. The second-order valence-electron chi connectivity index (χ2n) is 4.84. The highest BCUT2D eigenvalue weighted by Crippen LogP contribution is 2.17. The van der Waals surface area contributed by atoms with Gasteiger partial charge in [0.1, 0.15) is 17.0 Å². The standard InChI is InChI=1S/C16H14N4O2/c1-11-5-7-12(8-6-11)18-15-13(10-17-22)16(21)20-9-3-2-4-14(20)19-15/h2-10,18,22H,1H3. The SMILES string of the molecule is Cc1ccc(Nc2nc3ccccn3c(=O)c2C=NO)cc1. The third-order valence-corrected chi connectivity index (χ3v) is 3.27. The van der Waals surface area contributed by atoms with E-state index in [1.165, 1.54) is 4.40 Å². The van der Waals surface area contributed by atoms with Crippen molar-refractivity contribution in [3.63, 3.8) is 0 Å². The van der Waals surface area contributed by atoms with Crippen molar-refractivity contribution in [2.45, 2.75) is 6.92 Å². The van der Waals surface area contributed by atoms with E-state index in [1.54, 1.807) is 24.4 Å². The Morgan fingerprint density at radius 1 is 1.23 bits per heavy atom. The van der Waals surface area contributed by atoms with Crippen molar-refractivity contribution in [3.8, 4) is 0 Å². The van der Waals surface area contributed by atoms with Gasteiger partial charge >= 0.3 is 0 Å². The zero-order valence-electron chi connectivity index (χ0n) is 11.9. The summed E-state index contributed by atoms with van der Waals surface area (Å²) in [6.07, 6.45) is 2.71. The van der Waals surface area contributed by atoms with E-state index in [0.717, 1.165) is 17.5 Å². The van der Waals surface area contributed by atoms with E-state index in [1.807, 2.05) is 31.2 Å². The van der Waals surface area contributed by atoms with Crippen LogP contribution in [-0.4, -0.2) is 20.8 Å². The first kappa shape index (κ1) is 13.8. The number of hydrogen-bond donors (Lipinski definition) is 2. The fourth-order valence-electron chi connectivity index (χ4n) is 2.15. The van der Waals surface area contributed by atoms with Gasteiger partial charge in [0.15, 0.2) is 0 Å². The largest absolute Gasteiger partial charge is 0.411 e. The second kappa shape index (κ2) is 5.69. The zero-order valence-corrected chi connectivity index (χ0v) is 11.9. The molecule has 3 aromatic rings. The maximum atomic E-state index is 12.5. The molecular weight excluding hydrogens is 280 g/mol. The number of oxime groups is 1. The lowest BCUT2D eigenvalue weighted by Gasteiger charge is -2.10. The Labute approximate surface area is 126 Å². The Kier molecular flexibility index (Phi) is 3.57. The average molecular weight is 294 g/mol. The van der Waals surface area contributed by atoms with Crippen LogP contribution in [0.2, 0.25) is 0 Å². The van der Waals surface area contributed by atoms with Crippen molar-refractivity contribution < 1.29 is 5.21 Å². The van der Waals surface area contributed by atoms with Crippen LogP contribution in [0.3, 0.4) is 0 Å². The number of nitrogens with one attached hydrogen (secondary N) is 1. The zero-order chi connectivity index (χ0) is 15.5. The molecule has 0 aliphatic heterocycles. The fraction of sp³-hybridized carbons (Fsp3) is 0.0625. The van der Waals surface area contributed by atoms with E-state index in [9.17, 15) is 4.79 Å². The summed E-state index contributed by atoms with van der Waals surface area (Å²) >= 11 is 0. The van der Waals surface area contributed by atoms with Crippen molar-refractivity contribution >= 4 is 23.4 Å². The van der Waals surface area contributed by atoms with Gasteiger partial charge in [0.2, 0.25) is 0 Å². The summed E-state index contributed by atoms with van der Waals surface area (Å²) in [6.45, 7) is 1.99. The lowest BCUT2D eigenvalue weighted by atomic mass is 10.2. The van der Waals surface area contributed by atoms with Gasteiger partial charge in [-0.15, -0.1) is 0 Å². The number of nitrogens with zero attached hydrogens (tertiary/aromatic N) is 3. The lowest BCUT2D eigenvalue weighted by molar-refractivity contribution is 0.322. The van der Waals surface area contributed by atoms with Gasteiger partial charge in [-0.05, 0) is 31.2 Å². The molecule has 6 nitrogen and oxygen atoms in total. The van der Waals surface area contributed by atoms with Crippen LogP contribution < -0.4 is 10.9 Å². The molecular formula is C16H14N4O2. The molecule has 0 radical (unpaired) electrons. The molecule has 0 amide bonds. The molecule has 0 aliphatic carbocycles. The minimum Gasteiger partial charge on any atom is -0.411 e. The van der Waals surface area contributed by atoms with Crippen LogP contribution in [0, 0.1) is 6.92 Å². The molecule has 0 unspecified atom stereocenters. The van der Waals surface area contributed by atoms with Gasteiger partial charge in [-0.1, -0.05) is 28.9 Å². The molecule has 6 heteroatoms. The first-order chi connectivity index (χ1) is 10.7. The molecule has 0 spiro atoms. The first-order valence-electron chi connectivity index (χ1n) is 6.71. The monoisotopic (exact) mass is 294 g/mol. The van der Waals surface area contributed by atoms with E-state index < -0.39 is 0 Å². The highest BCUT2D eigenvalue weighted by molar-refractivity contribution is 5.87. The molecule has 0 aliphatic rings. The number of hydrogen-bond acceptors (Lipinski definition) is 5. The molecule has 22 heavy (non-hydrogen) atoms. The number of anilines is 2. The number of benzene rings is 1. The fourth-order valence-corrected chi connectivity index (χ4v) is 2.15. The normalized spacial score (nSPS) is 11.1. The van der Waals surface area contributed by atoms with Crippen LogP contribution in [0.1, 0.15) is 11.1 Å². The summed E-state index contributed by atoms with van der Waals surface area (Å²) in [5, 5.41) is 14.9. The number of fused-ring (bicyclic) bond motifs is 1. The third kappa shape index (κ3) is 2.54. The Morgan fingerprint density at radius 3 is 2.73 bits per heavy atom. The molecule has 2 N–H and O–H groups in total. The molecule has 0 bridgehead atoms. The molecule has 2 aromatic heterocycles. The van der Waals surface area contributed by atoms with Crippen molar-refractivity contribution in [2.75, 3.05) is 5.32 Å². The van der Waals surface area contributed by atoms with Crippen molar-refractivity contribution in [1.29, 1.82) is 0 Å².